The van der Waals surface area contributed by atoms with Crippen molar-refractivity contribution in [3.8, 4) is 0 Å². The number of carbonyl (C=O) groups excluding carboxylic acids is 1. The van der Waals surface area contributed by atoms with Gasteiger partial charge in [0, 0.05) is 4.88 Å². The van der Waals surface area contributed by atoms with Crippen LogP contribution in [-0.2, 0) is 9.53 Å². The number of thiophene rings is 1. The highest BCUT2D eigenvalue weighted by Gasteiger charge is 2.35. The highest BCUT2D eigenvalue weighted by atomic mass is 32.1. The monoisotopic (exact) mass is 268 g/mol. The molecule has 0 aliphatic carbocycles. The van der Waals surface area contributed by atoms with Gasteiger partial charge in [0.1, 0.15) is 6.10 Å². The molecule has 1 atom stereocenters. The fourth-order valence-electron chi connectivity index (χ4n) is 2.30. The van der Waals surface area contributed by atoms with E-state index < -0.39 is 5.41 Å². The molecule has 0 N–H and O–H groups in total. The Bertz CT molecular complexity index is 385. The molecule has 18 heavy (non-hydrogen) atoms. The molecule has 3 heteroatoms. The van der Waals surface area contributed by atoms with Crippen molar-refractivity contribution < 1.29 is 9.53 Å². The molecule has 0 amide bonds. The minimum atomic E-state index is -0.441. The lowest BCUT2D eigenvalue weighted by molar-refractivity contribution is -0.160. The van der Waals surface area contributed by atoms with E-state index >= 15 is 0 Å². The second kappa shape index (κ2) is 5.43. The molecule has 0 saturated carbocycles. The van der Waals surface area contributed by atoms with Gasteiger partial charge in [-0.05, 0) is 44.1 Å². The van der Waals surface area contributed by atoms with Gasteiger partial charge in [0.25, 0.3) is 0 Å². The molecule has 0 aliphatic rings. The van der Waals surface area contributed by atoms with E-state index in [0.29, 0.717) is 0 Å². The van der Waals surface area contributed by atoms with Gasteiger partial charge in [0.2, 0.25) is 0 Å². The summed E-state index contributed by atoms with van der Waals surface area (Å²) in [4.78, 5) is 13.3. The van der Waals surface area contributed by atoms with Gasteiger partial charge in [-0.2, -0.15) is 0 Å². The topological polar surface area (TPSA) is 26.3 Å². The molecule has 0 spiro atoms. The van der Waals surface area contributed by atoms with E-state index in [1.54, 1.807) is 11.3 Å². The van der Waals surface area contributed by atoms with Gasteiger partial charge >= 0.3 is 5.97 Å². The summed E-state index contributed by atoms with van der Waals surface area (Å²) in [5, 5.41) is 2.00. The lowest BCUT2D eigenvalue weighted by Gasteiger charge is -2.31. The lowest BCUT2D eigenvalue weighted by Crippen LogP contribution is -2.31. The van der Waals surface area contributed by atoms with E-state index in [-0.39, 0.29) is 17.5 Å². The van der Waals surface area contributed by atoms with Crippen LogP contribution in [0.25, 0.3) is 0 Å². The molecule has 1 unspecified atom stereocenters. The van der Waals surface area contributed by atoms with Crippen molar-refractivity contribution in [3.63, 3.8) is 0 Å². The fourth-order valence-corrected chi connectivity index (χ4v) is 3.01. The zero-order valence-corrected chi connectivity index (χ0v) is 13.1. The van der Waals surface area contributed by atoms with Crippen LogP contribution in [0.1, 0.15) is 58.9 Å². The largest absolute Gasteiger partial charge is 0.457 e. The highest BCUT2D eigenvalue weighted by Crippen LogP contribution is 2.35. The molecule has 0 fully saturated rings. The standard InChI is InChI=1S/C15H24O2S/c1-11(12-8-7-9-18-12)17-13(16)15(5,6)10-14(2,3)4/h7-9,11H,10H2,1-6H3. The number of rotatable bonds is 4. The van der Waals surface area contributed by atoms with Crippen molar-refractivity contribution in [2.24, 2.45) is 10.8 Å². The van der Waals surface area contributed by atoms with Crippen LogP contribution >= 0.6 is 11.3 Å². The Morgan fingerprint density at radius 2 is 1.94 bits per heavy atom. The Balaban J connectivity index is 2.65. The third-order valence-corrected chi connectivity index (χ3v) is 3.79. The Morgan fingerprint density at radius 1 is 1.33 bits per heavy atom. The molecule has 0 aliphatic heterocycles. The molecule has 1 aromatic heterocycles. The Kier molecular flexibility index (Phi) is 4.60. The van der Waals surface area contributed by atoms with E-state index in [1.807, 2.05) is 38.3 Å². The van der Waals surface area contributed by atoms with Gasteiger partial charge < -0.3 is 4.74 Å². The first-order chi connectivity index (χ1) is 8.12. The van der Waals surface area contributed by atoms with Gasteiger partial charge in [-0.25, -0.2) is 0 Å². The van der Waals surface area contributed by atoms with E-state index in [2.05, 4.69) is 20.8 Å². The summed E-state index contributed by atoms with van der Waals surface area (Å²) >= 11 is 1.62. The Labute approximate surface area is 114 Å². The summed E-state index contributed by atoms with van der Waals surface area (Å²) in [5.41, 5.74) is -0.321. The number of ether oxygens (including phenoxy) is 1. The zero-order chi connectivity index (χ0) is 14.0. The summed E-state index contributed by atoms with van der Waals surface area (Å²) in [6.07, 6.45) is 0.660. The fraction of sp³-hybridized carbons (Fsp3) is 0.667. The van der Waals surface area contributed by atoms with Crippen molar-refractivity contribution in [1.29, 1.82) is 0 Å². The van der Waals surface area contributed by atoms with Gasteiger partial charge in [0.05, 0.1) is 5.41 Å². The maximum Gasteiger partial charge on any atom is 0.312 e. The van der Waals surface area contributed by atoms with Crippen LogP contribution in [-0.4, -0.2) is 5.97 Å². The molecule has 0 aromatic carbocycles. The first-order valence-corrected chi connectivity index (χ1v) is 7.24. The summed E-state index contributed by atoms with van der Waals surface area (Å²) < 4.78 is 5.58. The number of esters is 1. The minimum Gasteiger partial charge on any atom is -0.457 e. The molecule has 0 radical (unpaired) electrons. The van der Waals surface area contributed by atoms with Gasteiger partial charge in [-0.1, -0.05) is 26.8 Å². The Hall–Kier alpha value is -0.830. The summed E-state index contributed by atoms with van der Waals surface area (Å²) in [6, 6.07) is 3.98. The van der Waals surface area contributed by atoms with E-state index in [4.69, 9.17) is 4.74 Å². The first-order valence-electron chi connectivity index (χ1n) is 6.36. The third-order valence-electron chi connectivity index (χ3n) is 2.75. The third kappa shape index (κ3) is 4.45. The molecular formula is C15H24O2S. The van der Waals surface area contributed by atoms with Gasteiger partial charge in [-0.15, -0.1) is 11.3 Å². The maximum atomic E-state index is 12.2. The first kappa shape index (κ1) is 15.2. The predicted molar refractivity (Wildman–Crippen MR) is 76.7 cm³/mol. The van der Waals surface area contributed by atoms with Crippen molar-refractivity contribution in [2.45, 2.75) is 54.1 Å². The van der Waals surface area contributed by atoms with Gasteiger partial charge in [-0.3, -0.25) is 4.79 Å². The average Bonchev–Trinajstić information content (AvgIpc) is 2.65. The van der Waals surface area contributed by atoms with E-state index in [1.165, 1.54) is 0 Å². The van der Waals surface area contributed by atoms with Gasteiger partial charge in [0.15, 0.2) is 0 Å². The molecule has 0 bridgehead atoms. The summed E-state index contributed by atoms with van der Waals surface area (Å²) in [5.74, 6) is -0.113. The second-order valence-corrected chi connectivity index (χ2v) is 7.66. The molecule has 2 nitrogen and oxygen atoms in total. The van der Waals surface area contributed by atoms with Crippen LogP contribution in [0.2, 0.25) is 0 Å². The predicted octanol–water partition coefficient (Wildman–Crippen LogP) is 4.81. The number of hydrogen-bond donors (Lipinski definition) is 0. The van der Waals surface area contributed by atoms with E-state index in [9.17, 15) is 4.79 Å². The van der Waals surface area contributed by atoms with Crippen molar-refractivity contribution >= 4 is 17.3 Å². The minimum absolute atomic E-state index is 0.113. The quantitative estimate of drug-likeness (QED) is 0.732. The lowest BCUT2D eigenvalue weighted by atomic mass is 9.76. The molecule has 1 aromatic rings. The highest BCUT2D eigenvalue weighted by molar-refractivity contribution is 7.10. The van der Waals surface area contributed by atoms with Crippen molar-refractivity contribution in [2.75, 3.05) is 0 Å². The van der Waals surface area contributed by atoms with Crippen LogP contribution in [0, 0.1) is 10.8 Å². The molecule has 1 heterocycles. The SMILES string of the molecule is CC(OC(=O)C(C)(C)CC(C)(C)C)c1cccs1. The smallest absolute Gasteiger partial charge is 0.312 e. The van der Waals surface area contributed by atoms with E-state index in [0.717, 1.165) is 11.3 Å². The number of hydrogen-bond acceptors (Lipinski definition) is 3. The molecule has 102 valence electrons. The Morgan fingerprint density at radius 3 is 2.39 bits per heavy atom. The van der Waals surface area contributed by atoms with Crippen LogP contribution in [0.3, 0.4) is 0 Å². The summed E-state index contributed by atoms with van der Waals surface area (Å²) in [6.45, 7) is 12.3. The average molecular weight is 268 g/mol. The van der Waals surface area contributed by atoms with Crippen LogP contribution < -0.4 is 0 Å². The van der Waals surface area contributed by atoms with Crippen molar-refractivity contribution in [1.82, 2.24) is 0 Å². The molecule has 1 rings (SSSR count). The number of carbonyl (C=O) groups is 1. The van der Waals surface area contributed by atoms with Crippen LogP contribution in [0.15, 0.2) is 17.5 Å². The molecule has 0 saturated heterocycles. The van der Waals surface area contributed by atoms with Crippen molar-refractivity contribution in [3.05, 3.63) is 22.4 Å². The van der Waals surface area contributed by atoms with Crippen LogP contribution in [0.4, 0.5) is 0 Å². The summed E-state index contributed by atoms with van der Waals surface area (Å²) in [7, 11) is 0. The molecular weight excluding hydrogens is 244 g/mol. The maximum absolute atomic E-state index is 12.2. The zero-order valence-electron chi connectivity index (χ0n) is 12.2. The second-order valence-electron chi connectivity index (χ2n) is 6.68. The van der Waals surface area contributed by atoms with Crippen LogP contribution in [0.5, 0.6) is 0 Å². The normalized spacial score (nSPS) is 14.3.